The van der Waals surface area contributed by atoms with Gasteiger partial charge in [-0.25, -0.2) is 4.98 Å². The predicted molar refractivity (Wildman–Crippen MR) is 77.1 cm³/mol. The van der Waals surface area contributed by atoms with Crippen molar-refractivity contribution in [1.29, 1.82) is 5.26 Å². The molecule has 7 heteroatoms. The van der Waals surface area contributed by atoms with Gasteiger partial charge in [-0.15, -0.1) is 5.10 Å². The van der Waals surface area contributed by atoms with Crippen molar-refractivity contribution in [3.8, 4) is 11.9 Å². The van der Waals surface area contributed by atoms with Crippen LogP contribution in [0, 0.1) is 11.3 Å². The summed E-state index contributed by atoms with van der Waals surface area (Å²) in [5.41, 5.74) is 6.35. The van der Waals surface area contributed by atoms with Crippen LogP contribution >= 0.6 is 15.9 Å². The Morgan fingerprint density at radius 3 is 2.79 bits per heavy atom. The van der Waals surface area contributed by atoms with Crippen molar-refractivity contribution in [3.05, 3.63) is 28.4 Å². The Bertz CT molecular complexity index is 625. The molecule has 2 aromatic heterocycles. The molecule has 2 aromatic rings. The Balaban J connectivity index is 2.56. The van der Waals surface area contributed by atoms with Gasteiger partial charge >= 0.3 is 0 Å². The number of aromatic nitrogens is 3. The molecule has 98 valence electrons. The van der Waals surface area contributed by atoms with Gasteiger partial charge in [-0.1, -0.05) is 0 Å². The Labute approximate surface area is 119 Å². The van der Waals surface area contributed by atoms with Gasteiger partial charge in [0.05, 0.1) is 0 Å². The minimum atomic E-state index is 0.299. The summed E-state index contributed by atoms with van der Waals surface area (Å²) in [5.74, 6) is 1.44. The molecule has 2 N–H and O–H groups in total. The normalized spacial score (nSPS) is 10.2. The molecule has 2 rings (SSSR count). The van der Waals surface area contributed by atoms with Gasteiger partial charge in [0, 0.05) is 24.3 Å². The molecule has 0 saturated heterocycles. The number of rotatable bonds is 3. The first-order valence-electron chi connectivity index (χ1n) is 5.70. The monoisotopic (exact) mass is 320 g/mol. The molecule has 0 saturated carbocycles. The SMILES string of the molecule is CCN(C)c1nn(-c2ccc(Br)cn2)c(N)c1C#N. The lowest BCUT2D eigenvalue weighted by Gasteiger charge is -2.12. The van der Waals surface area contributed by atoms with Gasteiger partial charge in [0.1, 0.15) is 17.5 Å². The van der Waals surface area contributed by atoms with Crippen molar-refractivity contribution in [3.63, 3.8) is 0 Å². The second kappa shape index (κ2) is 5.28. The quantitative estimate of drug-likeness (QED) is 0.934. The minimum absolute atomic E-state index is 0.299. The number of halogens is 1. The number of nitrogens with zero attached hydrogens (tertiary/aromatic N) is 5. The molecular weight excluding hydrogens is 308 g/mol. The van der Waals surface area contributed by atoms with Crippen molar-refractivity contribution in [2.45, 2.75) is 6.92 Å². The van der Waals surface area contributed by atoms with E-state index in [0.717, 1.165) is 11.0 Å². The molecule has 0 spiro atoms. The first kappa shape index (κ1) is 13.4. The third kappa shape index (κ3) is 2.39. The lowest BCUT2D eigenvalue weighted by molar-refractivity contribution is 0.829. The number of nitrogen functional groups attached to an aromatic ring is 1. The second-order valence-corrected chi connectivity index (χ2v) is 4.87. The van der Waals surface area contributed by atoms with Gasteiger partial charge in [0.15, 0.2) is 11.6 Å². The van der Waals surface area contributed by atoms with Crippen LogP contribution in [0.15, 0.2) is 22.8 Å². The molecule has 0 aromatic carbocycles. The van der Waals surface area contributed by atoms with E-state index in [4.69, 9.17) is 5.73 Å². The molecule has 2 heterocycles. The molecule has 0 bridgehead atoms. The summed E-state index contributed by atoms with van der Waals surface area (Å²) in [7, 11) is 1.86. The van der Waals surface area contributed by atoms with Crippen LogP contribution in [0.2, 0.25) is 0 Å². The van der Waals surface area contributed by atoms with Crippen LogP contribution in [0.3, 0.4) is 0 Å². The van der Waals surface area contributed by atoms with E-state index in [0.29, 0.717) is 23.0 Å². The first-order valence-corrected chi connectivity index (χ1v) is 6.49. The van der Waals surface area contributed by atoms with Crippen LogP contribution in [-0.4, -0.2) is 28.4 Å². The summed E-state index contributed by atoms with van der Waals surface area (Å²) >= 11 is 3.32. The fourth-order valence-electron chi connectivity index (χ4n) is 1.61. The predicted octanol–water partition coefficient (Wildman–Crippen LogP) is 1.94. The highest BCUT2D eigenvalue weighted by Gasteiger charge is 2.19. The van der Waals surface area contributed by atoms with E-state index in [9.17, 15) is 5.26 Å². The maximum Gasteiger partial charge on any atom is 0.171 e. The summed E-state index contributed by atoms with van der Waals surface area (Å²) in [5, 5.41) is 13.6. The van der Waals surface area contributed by atoms with Crippen molar-refractivity contribution in [2.24, 2.45) is 0 Å². The third-order valence-electron chi connectivity index (χ3n) is 2.78. The van der Waals surface area contributed by atoms with Gasteiger partial charge in [0.25, 0.3) is 0 Å². The van der Waals surface area contributed by atoms with Crippen LogP contribution in [0.1, 0.15) is 12.5 Å². The Hall–Kier alpha value is -2.07. The zero-order valence-electron chi connectivity index (χ0n) is 10.6. The molecule has 0 amide bonds. The molecule has 0 atom stereocenters. The van der Waals surface area contributed by atoms with Crippen LogP contribution in [-0.2, 0) is 0 Å². The molecule has 6 nitrogen and oxygen atoms in total. The van der Waals surface area contributed by atoms with Crippen LogP contribution in [0.25, 0.3) is 5.82 Å². The Morgan fingerprint density at radius 2 is 2.26 bits per heavy atom. The van der Waals surface area contributed by atoms with Crippen molar-refractivity contribution in [2.75, 3.05) is 24.2 Å². The minimum Gasteiger partial charge on any atom is -0.382 e. The van der Waals surface area contributed by atoms with E-state index in [2.05, 4.69) is 32.1 Å². The second-order valence-electron chi connectivity index (χ2n) is 3.96. The van der Waals surface area contributed by atoms with E-state index in [-0.39, 0.29) is 0 Å². The van der Waals surface area contributed by atoms with Crippen molar-refractivity contribution in [1.82, 2.24) is 14.8 Å². The third-order valence-corrected chi connectivity index (χ3v) is 3.25. The number of pyridine rings is 1. The zero-order chi connectivity index (χ0) is 14.0. The Morgan fingerprint density at radius 1 is 1.53 bits per heavy atom. The molecule has 0 unspecified atom stereocenters. The first-order chi connectivity index (χ1) is 9.08. The van der Waals surface area contributed by atoms with E-state index < -0.39 is 0 Å². The highest BCUT2D eigenvalue weighted by molar-refractivity contribution is 9.10. The summed E-state index contributed by atoms with van der Waals surface area (Å²) in [6.07, 6.45) is 1.66. The maximum atomic E-state index is 9.21. The highest BCUT2D eigenvalue weighted by atomic mass is 79.9. The van der Waals surface area contributed by atoms with Gasteiger partial charge in [-0.3, -0.25) is 0 Å². The fourth-order valence-corrected chi connectivity index (χ4v) is 1.85. The average Bonchev–Trinajstić information content (AvgIpc) is 2.76. The number of anilines is 2. The van der Waals surface area contributed by atoms with Gasteiger partial charge in [0.2, 0.25) is 0 Å². The summed E-state index contributed by atoms with van der Waals surface area (Å²) < 4.78 is 2.35. The van der Waals surface area contributed by atoms with E-state index in [1.54, 1.807) is 12.3 Å². The molecule has 0 aliphatic heterocycles. The molecule has 0 fully saturated rings. The molecule has 0 aliphatic rings. The van der Waals surface area contributed by atoms with E-state index in [1.165, 1.54) is 4.68 Å². The average molecular weight is 321 g/mol. The van der Waals surface area contributed by atoms with E-state index in [1.807, 2.05) is 24.9 Å². The maximum absolute atomic E-state index is 9.21. The van der Waals surface area contributed by atoms with Crippen molar-refractivity contribution < 1.29 is 0 Å². The topological polar surface area (TPSA) is 83.8 Å². The lowest BCUT2D eigenvalue weighted by atomic mass is 10.3. The fraction of sp³-hybridized carbons (Fsp3) is 0.250. The number of nitriles is 1. The number of hydrogen-bond acceptors (Lipinski definition) is 5. The lowest BCUT2D eigenvalue weighted by Crippen LogP contribution is -2.17. The van der Waals surface area contributed by atoms with E-state index >= 15 is 0 Å². The number of hydrogen-bond donors (Lipinski definition) is 1. The summed E-state index contributed by atoms with van der Waals surface area (Å²) in [6.45, 7) is 2.72. The van der Waals surface area contributed by atoms with Gasteiger partial charge < -0.3 is 10.6 Å². The summed E-state index contributed by atoms with van der Waals surface area (Å²) in [4.78, 5) is 6.09. The van der Waals surface area contributed by atoms with Crippen LogP contribution < -0.4 is 10.6 Å². The Kier molecular flexibility index (Phi) is 3.71. The molecule has 19 heavy (non-hydrogen) atoms. The van der Waals surface area contributed by atoms with Gasteiger partial charge in [-0.2, -0.15) is 9.94 Å². The zero-order valence-corrected chi connectivity index (χ0v) is 12.2. The standard InChI is InChI=1S/C12H13BrN6/c1-3-18(2)12-9(6-14)11(15)19(17-12)10-5-4-8(13)7-16-10/h4-5,7H,3,15H2,1-2H3. The molecular formula is C12H13BrN6. The molecule has 0 aliphatic carbocycles. The smallest absolute Gasteiger partial charge is 0.171 e. The largest absolute Gasteiger partial charge is 0.382 e. The van der Waals surface area contributed by atoms with Crippen LogP contribution in [0.5, 0.6) is 0 Å². The highest BCUT2D eigenvalue weighted by Crippen LogP contribution is 2.25. The van der Waals surface area contributed by atoms with Crippen molar-refractivity contribution >= 4 is 27.6 Å². The van der Waals surface area contributed by atoms with Crippen LogP contribution in [0.4, 0.5) is 11.6 Å². The van der Waals surface area contributed by atoms with Gasteiger partial charge in [-0.05, 0) is 35.0 Å². The summed E-state index contributed by atoms with van der Waals surface area (Å²) in [6, 6.07) is 5.72. The molecule has 0 radical (unpaired) electrons. The number of nitrogens with two attached hydrogens (primary N) is 1.